The van der Waals surface area contributed by atoms with Crippen LogP contribution in [0.3, 0.4) is 0 Å². The molecule has 102 valence electrons. The summed E-state index contributed by atoms with van der Waals surface area (Å²) in [6.45, 7) is 0. The van der Waals surface area contributed by atoms with Crippen molar-refractivity contribution in [1.82, 2.24) is 9.61 Å². The second kappa shape index (κ2) is 4.81. The third kappa shape index (κ3) is 2.05. The Balaban J connectivity index is 2.10. The van der Waals surface area contributed by atoms with E-state index in [4.69, 9.17) is 0 Å². The van der Waals surface area contributed by atoms with E-state index < -0.39 is 4.92 Å². The van der Waals surface area contributed by atoms with Crippen molar-refractivity contribution in [1.29, 1.82) is 5.26 Å². The summed E-state index contributed by atoms with van der Waals surface area (Å²) in [4.78, 5) is 10.4. The van der Waals surface area contributed by atoms with Crippen LogP contribution in [0.5, 0.6) is 0 Å². The number of hydrogen-bond acceptors (Lipinski definition) is 5. The van der Waals surface area contributed by atoms with Gasteiger partial charge in [-0.2, -0.15) is 10.4 Å². The summed E-state index contributed by atoms with van der Waals surface area (Å²) in [7, 11) is 0. The molecule has 0 radical (unpaired) electrons. The number of nitriles is 1. The minimum Gasteiger partial charge on any atom is -0.379 e. The molecular weight excluding hydrogens is 258 g/mol. The van der Waals surface area contributed by atoms with Crippen LogP contribution in [-0.2, 0) is 0 Å². The predicted octanol–water partition coefficient (Wildman–Crippen LogP) is 2.47. The molecule has 1 saturated carbocycles. The van der Waals surface area contributed by atoms with Gasteiger partial charge in [-0.25, -0.2) is 4.52 Å². The molecule has 1 N–H and O–H groups in total. The van der Waals surface area contributed by atoms with Gasteiger partial charge in [0.05, 0.1) is 27.9 Å². The first-order valence-corrected chi connectivity index (χ1v) is 6.51. The maximum absolute atomic E-state index is 10.9. The van der Waals surface area contributed by atoms with E-state index in [1.165, 1.54) is 35.8 Å². The molecule has 1 fully saturated rings. The van der Waals surface area contributed by atoms with Crippen molar-refractivity contribution in [2.45, 2.75) is 31.7 Å². The zero-order valence-corrected chi connectivity index (χ0v) is 10.7. The van der Waals surface area contributed by atoms with Crippen LogP contribution in [0.1, 0.15) is 31.2 Å². The first-order valence-electron chi connectivity index (χ1n) is 6.51. The van der Waals surface area contributed by atoms with Crippen molar-refractivity contribution in [3.63, 3.8) is 0 Å². The van der Waals surface area contributed by atoms with Gasteiger partial charge in [0.25, 0.3) is 5.69 Å². The van der Waals surface area contributed by atoms with E-state index in [9.17, 15) is 15.4 Å². The molecule has 2 heterocycles. The van der Waals surface area contributed by atoms with Gasteiger partial charge in [0.2, 0.25) is 0 Å². The van der Waals surface area contributed by atoms with E-state index in [1.54, 1.807) is 0 Å². The van der Waals surface area contributed by atoms with Crippen LogP contribution in [0, 0.1) is 21.4 Å². The van der Waals surface area contributed by atoms with Gasteiger partial charge >= 0.3 is 0 Å². The summed E-state index contributed by atoms with van der Waals surface area (Å²) in [5.74, 6) is 0. The summed E-state index contributed by atoms with van der Waals surface area (Å²) >= 11 is 0. The van der Waals surface area contributed by atoms with Crippen molar-refractivity contribution in [2.75, 3.05) is 5.32 Å². The number of rotatable bonds is 3. The molecule has 7 heteroatoms. The maximum Gasteiger partial charge on any atom is 0.289 e. The van der Waals surface area contributed by atoms with Gasteiger partial charge in [0, 0.05) is 12.1 Å². The second-order valence-electron chi connectivity index (χ2n) is 4.96. The summed E-state index contributed by atoms with van der Waals surface area (Å²) in [6.07, 6.45) is 7.25. The third-order valence-corrected chi connectivity index (χ3v) is 3.66. The summed E-state index contributed by atoms with van der Waals surface area (Å²) in [5, 5.41) is 27.4. The van der Waals surface area contributed by atoms with Crippen molar-refractivity contribution in [3.05, 3.63) is 34.1 Å². The average Bonchev–Trinajstić information content (AvgIpc) is 3.07. The number of fused-ring (bicyclic) bond motifs is 1. The molecule has 2 aromatic heterocycles. The van der Waals surface area contributed by atoms with E-state index in [-0.39, 0.29) is 5.69 Å². The van der Waals surface area contributed by atoms with Crippen LogP contribution in [0.15, 0.2) is 18.5 Å². The highest BCUT2D eigenvalue weighted by atomic mass is 16.6. The molecule has 0 unspecified atom stereocenters. The van der Waals surface area contributed by atoms with Gasteiger partial charge < -0.3 is 5.32 Å². The van der Waals surface area contributed by atoms with E-state index in [2.05, 4.69) is 16.5 Å². The highest BCUT2D eigenvalue weighted by Gasteiger charge is 2.20. The minimum absolute atomic E-state index is 0.0259. The van der Waals surface area contributed by atoms with Gasteiger partial charge in [0.1, 0.15) is 12.3 Å². The molecule has 7 nitrogen and oxygen atoms in total. The molecule has 0 atom stereocenters. The number of anilines is 1. The number of aromatic nitrogens is 2. The normalized spacial score (nSPS) is 15.3. The minimum atomic E-state index is -0.458. The van der Waals surface area contributed by atoms with Crippen LogP contribution in [-0.4, -0.2) is 20.6 Å². The quantitative estimate of drug-likeness (QED) is 0.683. The maximum atomic E-state index is 10.9. The lowest BCUT2D eigenvalue weighted by Gasteiger charge is -2.15. The molecule has 0 bridgehead atoms. The van der Waals surface area contributed by atoms with Gasteiger partial charge in [-0.1, -0.05) is 12.8 Å². The van der Waals surface area contributed by atoms with E-state index in [1.807, 2.05) is 0 Å². The van der Waals surface area contributed by atoms with Crippen molar-refractivity contribution < 1.29 is 4.92 Å². The Morgan fingerprint density at radius 2 is 2.25 bits per heavy atom. The van der Waals surface area contributed by atoms with Gasteiger partial charge in [0.15, 0.2) is 0 Å². The standard InChI is InChI=1S/C13H13N5O2/c14-6-9-7-15-17-8-11(18(19)20)5-12(17)13(9)16-10-3-1-2-4-10/h5,7-8,10,16H,1-4H2. The Bertz CT molecular complexity index is 709. The van der Waals surface area contributed by atoms with Gasteiger partial charge in [-0.3, -0.25) is 10.1 Å². The monoisotopic (exact) mass is 271 g/mol. The molecule has 0 amide bonds. The average molecular weight is 271 g/mol. The number of hydrogen-bond donors (Lipinski definition) is 1. The van der Waals surface area contributed by atoms with Crippen LogP contribution < -0.4 is 5.32 Å². The molecule has 0 saturated heterocycles. The highest BCUT2D eigenvalue weighted by molar-refractivity contribution is 5.79. The van der Waals surface area contributed by atoms with Crippen molar-refractivity contribution in [3.8, 4) is 6.07 Å². The lowest BCUT2D eigenvalue weighted by molar-refractivity contribution is -0.384. The fourth-order valence-corrected chi connectivity index (χ4v) is 2.65. The topological polar surface area (TPSA) is 96.3 Å². The molecule has 3 rings (SSSR count). The Kier molecular flexibility index (Phi) is 2.99. The zero-order valence-electron chi connectivity index (χ0n) is 10.7. The third-order valence-electron chi connectivity index (χ3n) is 3.66. The van der Waals surface area contributed by atoms with Gasteiger partial charge in [-0.05, 0) is 12.8 Å². The van der Waals surface area contributed by atoms with Crippen LogP contribution >= 0.6 is 0 Å². The van der Waals surface area contributed by atoms with Gasteiger partial charge in [-0.15, -0.1) is 0 Å². The Morgan fingerprint density at radius 3 is 2.90 bits per heavy atom. The fraction of sp³-hybridized carbons (Fsp3) is 0.385. The highest BCUT2D eigenvalue weighted by Crippen LogP contribution is 2.29. The molecule has 0 aliphatic heterocycles. The first kappa shape index (κ1) is 12.4. The van der Waals surface area contributed by atoms with E-state index >= 15 is 0 Å². The molecule has 20 heavy (non-hydrogen) atoms. The lowest BCUT2D eigenvalue weighted by atomic mass is 10.2. The smallest absolute Gasteiger partial charge is 0.289 e. The number of nitrogens with zero attached hydrogens (tertiary/aromatic N) is 4. The second-order valence-corrected chi connectivity index (χ2v) is 4.96. The van der Waals surface area contributed by atoms with Crippen LogP contribution in [0.25, 0.3) is 5.52 Å². The Labute approximate surface area is 115 Å². The van der Waals surface area contributed by atoms with Crippen LogP contribution in [0.2, 0.25) is 0 Å². The zero-order chi connectivity index (χ0) is 14.1. The Morgan fingerprint density at radius 1 is 1.50 bits per heavy atom. The largest absolute Gasteiger partial charge is 0.379 e. The predicted molar refractivity (Wildman–Crippen MR) is 72.4 cm³/mol. The van der Waals surface area contributed by atoms with Crippen molar-refractivity contribution >= 4 is 16.9 Å². The van der Waals surface area contributed by atoms with Crippen molar-refractivity contribution in [2.24, 2.45) is 0 Å². The lowest BCUT2D eigenvalue weighted by Crippen LogP contribution is -2.16. The molecule has 0 aromatic carbocycles. The SMILES string of the molecule is N#Cc1cnn2cc([N+](=O)[O-])cc2c1NC1CCCC1. The first-order chi connectivity index (χ1) is 9.69. The van der Waals surface area contributed by atoms with E-state index in [0.717, 1.165) is 12.8 Å². The molecule has 0 spiro atoms. The summed E-state index contributed by atoms with van der Waals surface area (Å²) in [6, 6.07) is 3.86. The molecule has 1 aliphatic rings. The molecule has 2 aromatic rings. The summed E-state index contributed by atoms with van der Waals surface area (Å²) in [5.41, 5.74) is 1.60. The summed E-state index contributed by atoms with van der Waals surface area (Å²) < 4.78 is 1.44. The number of nitrogens with one attached hydrogen (secondary N) is 1. The number of nitro groups is 1. The fourth-order valence-electron chi connectivity index (χ4n) is 2.65. The Hall–Kier alpha value is -2.62. The van der Waals surface area contributed by atoms with Crippen LogP contribution in [0.4, 0.5) is 11.4 Å². The molecular formula is C13H13N5O2. The van der Waals surface area contributed by atoms with E-state index in [0.29, 0.717) is 22.8 Å². The molecule has 1 aliphatic carbocycles.